The first-order valence-electron chi connectivity index (χ1n) is 9.14. The number of carbonyl (C=O) groups excluding carboxylic acids is 1. The van der Waals surface area contributed by atoms with Crippen molar-refractivity contribution >= 4 is 5.78 Å². The Kier molecular flexibility index (Phi) is 5.64. The van der Waals surface area contributed by atoms with Gasteiger partial charge in [-0.2, -0.15) is 0 Å². The summed E-state index contributed by atoms with van der Waals surface area (Å²) in [5.74, 6) is -0.302. The van der Waals surface area contributed by atoms with Crippen LogP contribution in [0.25, 0.3) is 0 Å². The van der Waals surface area contributed by atoms with Crippen LogP contribution in [0.2, 0.25) is 0 Å². The lowest BCUT2D eigenvalue weighted by atomic mass is 9.88. The van der Waals surface area contributed by atoms with Crippen molar-refractivity contribution in [3.05, 3.63) is 68.5 Å². The van der Waals surface area contributed by atoms with Crippen molar-refractivity contribution in [1.29, 1.82) is 0 Å². The maximum Gasteiger partial charge on any atom is 0.330 e. The van der Waals surface area contributed by atoms with E-state index in [1.165, 1.54) is 20.0 Å². The summed E-state index contributed by atoms with van der Waals surface area (Å²) in [6, 6.07) is 9.35. The minimum Gasteiger partial charge on any atom is -0.386 e. The monoisotopic (exact) mass is 388 g/mol. The number of rotatable bonds is 6. The van der Waals surface area contributed by atoms with Crippen LogP contribution in [0.4, 0.5) is 0 Å². The van der Waals surface area contributed by atoms with Crippen molar-refractivity contribution in [1.82, 2.24) is 9.55 Å². The molecule has 1 saturated heterocycles. The van der Waals surface area contributed by atoms with Crippen LogP contribution in [0.15, 0.2) is 46.1 Å². The lowest BCUT2D eigenvalue weighted by molar-refractivity contribution is -0.160. The summed E-state index contributed by atoms with van der Waals surface area (Å²) in [5.41, 5.74) is -1.48. The van der Waals surface area contributed by atoms with E-state index < -0.39 is 35.3 Å². The van der Waals surface area contributed by atoms with E-state index in [1.54, 1.807) is 6.92 Å². The van der Waals surface area contributed by atoms with Crippen molar-refractivity contribution in [3.63, 3.8) is 0 Å². The molecule has 1 unspecified atom stereocenters. The van der Waals surface area contributed by atoms with E-state index in [0.29, 0.717) is 0 Å². The number of nitrogens with one attached hydrogen (secondary N) is 1. The highest BCUT2D eigenvalue weighted by Gasteiger charge is 2.58. The average Bonchev–Trinajstić information content (AvgIpc) is 2.97. The van der Waals surface area contributed by atoms with Crippen molar-refractivity contribution < 1.29 is 19.4 Å². The lowest BCUT2D eigenvalue weighted by Crippen LogP contribution is -2.49. The van der Waals surface area contributed by atoms with Gasteiger partial charge in [-0.3, -0.25) is 19.1 Å². The van der Waals surface area contributed by atoms with Crippen LogP contribution in [0.3, 0.4) is 0 Å². The van der Waals surface area contributed by atoms with Gasteiger partial charge in [-0.05, 0) is 25.8 Å². The van der Waals surface area contributed by atoms with E-state index in [-0.39, 0.29) is 24.4 Å². The second-order valence-electron chi connectivity index (χ2n) is 6.99. The SMILES string of the molecule is CC[C@@]1(C(C)=O)O[C@@H](n2cc(C)c(=O)[nH]c2=O)[C@@H](O)C1OCc1ccccc1. The highest BCUT2D eigenvalue weighted by atomic mass is 16.6. The first kappa shape index (κ1) is 20.2. The van der Waals surface area contributed by atoms with Crippen LogP contribution >= 0.6 is 0 Å². The van der Waals surface area contributed by atoms with Crippen molar-refractivity contribution in [2.45, 2.75) is 57.8 Å². The zero-order valence-electron chi connectivity index (χ0n) is 16.0. The number of Topliss-reactive ketones (excluding diaryl/α,β-unsaturated/α-hetero) is 1. The van der Waals surface area contributed by atoms with E-state index >= 15 is 0 Å². The van der Waals surface area contributed by atoms with Crippen LogP contribution in [0.5, 0.6) is 0 Å². The molecule has 8 heteroatoms. The molecule has 2 aromatic rings. The molecule has 0 radical (unpaired) electrons. The molecular weight excluding hydrogens is 364 g/mol. The second kappa shape index (κ2) is 7.83. The first-order chi connectivity index (χ1) is 13.3. The molecule has 2 heterocycles. The molecule has 1 fully saturated rings. The third-order valence-corrected chi connectivity index (χ3v) is 5.21. The topological polar surface area (TPSA) is 111 Å². The summed E-state index contributed by atoms with van der Waals surface area (Å²) in [7, 11) is 0. The fraction of sp³-hybridized carbons (Fsp3) is 0.450. The molecule has 2 N–H and O–H groups in total. The Morgan fingerprint density at radius 2 is 2.00 bits per heavy atom. The van der Waals surface area contributed by atoms with Gasteiger partial charge in [0.05, 0.1) is 6.61 Å². The zero-order chi connectivity index (χ0) is 20.5. The lowest BCUT2D eigenvalue weighted by Gasteiger charge is -2.31. The third kappa shape index (κ3) is 3.46. The minimum absolute atomic E-state index is 0.174. The highest BCUT2D eigenvalue weighted by molar-refractivity contribution is 5.86. The standard InChI is InChI=1S/C20H24N2O6/c1-4-20(13(3)23)16(27-11-14-8-6-5-7-9-14)15(24)18(28-20)22-10-12(2)17(25)21-19(22)26/h5-10,15-16,18,24H,4,11H2,1-3H3,(H,21,25,26)/t15-,16?,18+,20-/m0/s1. The number of H-pyrrole nitrogens is 1. The summed E-state index contributed by atoms with van der Waals surface area (Å²) in [6.07, 6.45) is -1.84. The van der Waals surface area contributed by atoms with E-state index in [0.717, 1.165) is 10.1 Å². The fourth-order valence-electron chi connectivity index (χ4n) is 3.58. The van der Waals surface area contributed by atoms with Gasteiger partial charge >= 0.3 is 5.69 Å². The molecule has 3 rings (SSSR count). The number of hydrogen-bond donors (Lipinski definition) is 2. The van der Waals surface area contributed by atoms with Crippen LogP contribution < -0.4 is 11.2 Å². The first-order valence-corrected chi connectivity index (χ1v) is 9.14. The van der Waals surface area contributed by atoms with Gasteiger partial charge in [0.15, 0.2) is 17.6 Å². The summed E-state index contributed by atoms with van der Waals surface area (Å²) >= 11 is 0. The van der Waals surface area contributed by atoms with Crippen LogP contribution in [0, 0.1) is 6.92 Å². The number of ketones is 1. The molecule has 1 aromatic heterocycles. The number of carbonyl (C=O) groups is 1. The molecule has 0 bridgehead atoms. The van der Waals surface area contributed by atoms with Crippen LogP contribution in [0.1, 0.15) is 37.6 Å². The molecule has 8 nitrogen and oxygen atoms in total. The van der Waals surface area contributed by atoms with E-state index in [4.69, 9.17) is 9.47 Å². The Morgan fingerprint density at radius 1 is 1.32 bits per heavy atom. The predicted molar refractivity (Wildman–Crippen MR) is 101 cm³/mol. The molecule has 0 amide bonds. The van der Waals surface area contributed by atoms with Crippen LogP contribution in [-0.4, -0.2) is 38.2 Å². The van der Waals surface area contributed by atoms with Gasteiger partial charge in [-0.25, -0.2) is 4.79 Å². The predicted octanol–water partition coefficient (Wildman–Crippen LogP) is 1.06. The number of hydrogen-bond acceptors (Lipinski definition) is 6. The number of aromatic amines is 1. The average molecular weight is 388 g/mol. The van der Waals surface area contributed by atoms with Gasteiger partial charge in [0.2, 0.25) is 0 Å². The minimum atomic E-state index is -1.40. The molecule has 4 atom stereocenters. The molecule has 0 spiro atoms. The normalized spacial score (nSPS) is 27.1. The Labute approximate surface area is 161 Å². The Bertz CT molecular complexity index is 967. The summed E-state index contributed by atoms with van der Waals surface area (Å²) in [4.78, 5) is 38.6. The molecule has 150 valence electrons. The maximum atomic E-state index is 12.5. The number of ether oxygens (including phenoxy) is 2. The Morgan fingerprint density at radius 3 is 2.61 bits per heavy atom. The van der Waals surface area contributed by atoms with Gasteiger partial charge in [-0.1, -0.05) is 37.3 Å². The quantitative estimate of drug-likeness (QED) is 0.766. The van der Waals surface area contributed by atoms with E-state index in [2.05, 4.69) is 4.98 Å². The highest BCUT2D eigenvalue weighted by Crippen LogP contribution is 2.41. The molecule has 1 aliphatic heterocycles. The number of benzene rings is 1. The number of aryl methyl sites for hydroxylation is 1. The van der Waals surface area contributed by atoms with Crippen molar-refractivity contribution in [3.8, 4) is 0 Å². The molecule has 1 aromatic carbocycles. The van der Waals surface area contributed by atoms with Crippen molar-refractivity contribution in [2.24, 2.45) is 0 Å². The molecule has 28 heavy (non-hydrogen) atoms. The fourth-order valence-corrected chi connectivity index (χ4v) is 3.58. The largest absolute Gasteiger partial charge is 0.386 e. The van der Waals surface area contributed by atoms with Gasteiger partial charge < -0.3 is 14.6 Å². The van der Waals surface area contributed by atoms with E-state index in [9.17, 15) is 19.5 Å². The van der Waals surface area contributed by atoms with Gasteiger partial charge in [-0.15, -0.1) is 0 Å². The third-order valence-electron chi connectivity index (χ3n) is 5.21. The van der Waals surface area contributed by atoms with Crippen LogP contribution in [-0.2, 0) is 20.9 Å². The van der Waals surface area contributed by atoms with Gasteiger partial charge in [0.1, 0.15) is 12.2 Å². The number of aliphatic hydroxyl groups is 1. The summed E-state index contributed by atoms with van der Waals surface area (Å²) in [5, 5.41) is 10.9. The van der Waals surface area contributed by atoms with Crippen molar-refractivity contribution in [2.75, 3.05) is 0 Å². The van der Waals surface area contributed by atoms with Gasteiger partial charge in [0, 0.05) is 11.8 Å². The molecule has 0 saturated carbocycles. The number of aromatic nitrogens is 2. The Hall–Kier alpha value is -2.55. The smallest absolute Gasteiger partial charge is 0.330 e. The number of aliphatic hydroxyl groups excluding tert-OH is 1. The zero-order valence-corrected chi connectivity index (χ0v) is 16.0. The molecule has 1 aliphatic rings. The number of nitrogens with zero attached hydrogens (tertiary/aromatic N) is 1. The Balaban J connectivity index is 1.97. The van der Waals surface area contributed by atoms with E-state index in [1.807, 2.05) is 30.3 Å². The molecular formula is C20H24N2O6. The second-order valence-corrected chi connectivity index (χ2v) is 6.99. The maximum absolute atomic E-state index is 12.5. The summed E-state index contributed by atoms with van der Waals surface area (Å²) in [6.45, 7) is 4.85. The molecule has 0 aliphatic carbocycles. The van der Waals surface area contributed by atoms with Gasteiger partial charge in [0.25, 0.3) is 5.56 Å². The summed E-state index contributed by atoms with van der Waals surface area (Å²) < 4.78 is 13.0.